The molecule has 1 aliphatic heterocycles. The van der Waals surface area contributed by atoms with E-state index in [2.05, 4.69) is 82.8 Å². The summed E-state index contributed by atoms with van der Waals surface area (Å²) in [4.78, 5) is 21.2. The largest absolute Gasteiger partial charge is 0.414 e. The van der Waals surface area contributed by atoms with Crippen molar-refractivity contribution in [1.29, 1.82) is 0 Å². The van der Waals surface area contributed by atoms with Crippen LogP contribution in [0.25, 0.3) is 5.82 Å². The molecule has 10 nitrogen and oxygen atoms in total. The number of aromatic nitrogens is 5. The van der Waals surface area contributed by atoms with Crippen molar-refractivity contribution in [2.75, 3.05) is 13.7 Å². The normalized spacial score (nSPS) is 23.9. The highest BCUT2D eigenvalue weighted by Crippen LogP contribution is 2.43. The van der Waals surface area contributed by atoms with Crippen LogP contribution in [-0.2, 0) is 18.3 Å². The fourth-order valence-corrected chi connectivity index (χ4v) is 5.87. The summed E-state index contributed by atoms with van der Waals surface area (Å²) < 4.78 is 28.8. The SMILES string of the molecule is CO[C@@H]1[C@H](O[Si](C)(C)C(C)(C)C)[C@@H](CO[Si](C)(C)C(C)(C)C)O[C@H]1n1ccc(-n2cncn2)nc1=O. The second kappa shape index (κ2) is 10.2. The maximum atomic E-state index is 13.1. The first-order valence-electron chi connectivity index (χ1n) is 12.4. The number of ether oxygens (including phenoxy) is 2. The summed E-state index contributed by atoms with van der Waals surface area (Å²) in [5, 5.41) is 4.10. The third-order valence-electron chi connectivity index (χ3n) is 7.95. The summed E-state index contributed by atoms with van der Waals surface area (Å²) in [5.74, 6) is 0.382. The van der Waals surface area contributed by atoms with Crippen LogP contribution in [0.2, 0.25) is 36.3 Å². The van der Waals surface area contributed by atoms with Crippen molar-refractivity contribution in [3.8, 4) is 5.82 Å². The van der Waals surface area contributed by atoms with E-state index in [1.807, 2.05) is 0 Å². The fraction of sp³-hybridized carbons (Fsp3) is 0.750. The van der Waals surface area contributed by atoms with Gasteiger partial charge in [-0.2, -0.15) is 10.1 Å². The summed E-state index contributed by atoms with van der Waals surface area (Å²) in [7, 11) is -2.61. The minimum Gasteiger partial charge on any atom is -0.414 e. The summed E-state index contributed by atoms with van der Waals surface area (Å²) in [6.45, 7) is 22.4. The Morgan fingerprint density at radius 2 is 1.67 bits per heavy atom. The second-order valence-electron chi connectivity index (χ2n) is 12.5. The molecule has 0 saturated carbocycles. The van der Waals surface area contributed by atoms with E-state index in [0.717, 1.165) is 0 Å². The molecule has 1 saturated heterocycles. The van der Waals surface area contributed by atoms with Crippen LogP contribution in [0.1, 0.15) is 47.8 Å². The molecule has 0 bridgehead atoms. The molecule has 0 aliphatic carbocycles. The van der Waals surface area contributed by atoms with Gasteiger partial charge in [0.05, 0.1) is 6.61 Å². The van der Waals surface area contributed by atoms with Crippen LogP contribution in [0.5, 0.6) is 0 Å². The molecule has 3 heterocycles. The van der Waals surface area contributed by atoms with Gasteiger partial charge in [0.15, 0.2) is 28.7 Å². The summed E-state index contributed by atoms with van der Waals surface area (Å²) in [6.07, 6.45) is 2.53. The Morgan fingerprint density at radius 3 is 2.17 bits per heavy atom. The van der Waals surface area contributed by atoms with Crippen LogP contribution in [0.15, 0.2) is 29.7 Å². The van der Waals surface area contributed by atoms with Gasteiger partial charge in [-0.25, -0.2) is 14.5 Å². The number of rotatable bonds is 8. The van der Waals surface area contributed by atoms with Gasteiger partial charge in [-0.05, 0) is 42.3 Å². The van der Waals surface area contributed by atoms with E-state index in [-0.39, 0.29) is 10.1 Å². The second-order valence-corrected chi connectivity index (χ2v) is 22.1. The first-order chi connectivity index (χ1) is 16.5. The molecular formula is C24H43N5O5Si2. The Hall–Kier alpha value is -1.71. The molecule has 36 heavy (non-hydrogen) atoms. The lowest BCUT2D eigenvalue weighted by Crippen LogP contribution is -2.51. The molecule has 0 amide bonds. The predicted octanol–water partition coefficient (Wildman–Crippen LogP) is 4.15. The van der Waals surface area contributed by atoms with Gasteiger partial charge in [0.2, 0.25) is 0 Å². The maximum Gasteiger partial charge on any atom is 0.351 e. The van der Waals surface area contributed by atoms with E-state index in [4.69, 9.17) is 18.3 Å². The average molecular weight is 538 g/mol. The molecule has 0 radical (unpaired) electrons. The average Bonchev–Trinajstić information content (AvgIpc) is 3.39. The molecule has 1 aliphatic rings. The van der Waals surface area contributed by atoms with Gasteiger partial charge in [0, 0.05) is 13.3 Å². The third kappa shape index (κ3) is 5.89. The highest BCUT2D eigenvalue weighted by Gasteiger charge is 2.52. The highest BCUT2D eigenvalue weighted by atomic mass is 28.4. The van der Waals surface area contributed by atoms with Gasteiger partial charge in [-0.15, -0.1) is 0 Å². The molecule has 4 atom stereocenters. The zero-order chi connectivity index (χ0) is 27.1. The lowest BCUT2D eigenvalue weighted by atomic mass is 10.1. The van der Waals surface area contributed by atoms with Crippen LogP contribution >= 0.6 is 0 Å². The van der Waals surface area contributed by atoms with E-state index in [1.54, 1.807) is 19.4 Å². The topological polar surface area (TPSA) is 103 Å². The first-order valence-corrected chi connectivity index (χ1v) is 18.2. The minimum absolute atomic E-state index is 0.00788. The smallest absolute Gasteiger partial charge is 0.351 e. The molecule has 2 aromatic rings. The summed E-state index contributed by atoms with van der Waals surface area (Å²) >= 11 is 0. The van der Waals surface area contributed by atoms with Crippen LogP contribution in [0.3, 0.4) is 0 Å². The van der Waals surface area contributed by atoms with Gasteiger partial charge in [0.1, 0.15) is 31.0 Å². The van der Waals surface area contributed by atoms with Gasteiger partial charge in [-0.1, -0.05) is 41.5 Å². The van der Waals surface area contributed by atoms with Crippen molar-refractivity contribution in [1.82, 2.24) is 24.3 Å². The molecule has 0 N–H and O–H groups in total. The Kier molecular flexibility index (Phi) is 8.19. The third-order valence-corrected chi connectivity index (χ3v) is 16.9. The van der Waals surface area contributed by atoms with Crippen molar-refractivity contribution in [2.24, 2.45) is 0 Å². The molecular weight excluding hydrogens is 494 g/mol. The number of hydrogen-bond donors (Lipinski definition) is 0. The lowest BCUT2D eigenvalue weighted by Gasteiger charge is -2.41. The Bertz CT molecular complexity index is 1080. The molecule has 0 aromatic carbocycles. The van der Waals surface area contributed by atoms with Gasteiger partial charge in [0.25, 0.3) is 0 Å². The molecule has 3 rings (SSSR count). The van der Waals surface area contributed by atoms with Gasteiger partial charge >= 0.3 is 5.69 Å². The lowest BCUT2D eigenvalue weighted by molar-refractivity contribution is -0.0612. The molecule has 0 unspecified atom stereocenters. The number of nitrogens with zero attached hydrogens (tertiary/aromatic N) is 5. The van der Waals surface area contributed by atoms with Crippen molar-refractivity contribution in [2.45, 2.75) is 102 Å². The molecule has 202 valence electrons. The van der Waals surface area contributed by atoms with E-state index in [9.17, 15) is 4.79 Å². The minimum atomic E-state index is -2.20. The molecule has 1 fully saturated rings. The van der Waals surface area contributed by atoms with Crippen LogP contribution < -0.4 is 5.69 Å². The highest BCUT2D eigenvalue weighted by molar-refractivity contribution is 6.74. The first kappa shape index (κ1) is 28.9. The Labute approximate surface area is 216 Å². The fourth-order valence-electron chi connectivity index (χ4n) is 3.53. The van der Waals surface area contributed by atoms with E-state index in [1.165, 1.54) is 21.9 Å². The van der Waals surface area contributed by atoms with Crippen molar-refractivity contribution >= 4 is 16.6 Å². The quantitative estimate of drug-likeness (QED) is 0.463. The Morgan fingerprint density at radius 1 is 1.03 bits per heavy atom. The van der Waals surface area contributed by atoms with Gasteiger partial charge < -0.3 is 18.3 Å². The van der Waals surface area contributed by atoms with Crippen LogP contribution in [-0.4, -0.2) is 73.0 Å². The van der Waals surface area contributed by atoms with Crippen molar-refractivity contribution < 1.29 is 18.3 Å². The summed E-state index contributed by atoms with van der Waals surface area (Å²) in [6, 6.07) is 1.70. The zero-order valence-electron chi connectivity index (χ0n) is 23.6. The Balaban J connectivity index is 1.95. The predicted molar refractivity (Wildman–Crippen MR) is 143 cm³/mol. The van der Waals surface area contributed by atoms with Crippen LogP contribution in [0.4, 0.5) is 0 Å². The standard InChI is InChI=1S/C24H43N5O5Si2/c1-23(2,3)35(8,9)32-14-17-19(34-36(10,11)24(4,5)6)20(31-7)21(33-17)28-13-12-18(27-22(28)30)29-16-25-15-26-29/h12-13,15-17,19-21H,14H2,1-11H3/t17-,19-,20-,21-/m1/s1. The van der Waals surface area contributed by atoms with Crippen LogP contribution in [0, 0.1) is 0 Å². The van der Waals surface area contributed by atoms with Crippen molar-refractivity contribution in [3.05, 3.63) is 35.4 Å². The molecule has 12 heteroatoms. The molecule has 2 aromatic heterocycles. The maximum absolute atomic E-state index is 13.1. The molecule has 0 spiro atoms. The number of methoxy groups -OCH3 is 1. The van der Waals surface area contributed by atoms with Crippen molar-refractivity contribution in [3.63, 3.8) is 0 Å². The zero-order valence-corrected chi connectivity index (χ0v) is 25.6. The summed E-state index contributed by atoms with van der Waals surface area (Å²) in [5.41, 5.74) is -0.466. The van der Waals surface area contributed by atoms with E-state index >= 15 is 0 Å². The monoisotopic (exact) mass is 537 g/mol. The number of hydrogen-bond acceptors (Lipinski definition) is 8. The van der Waals surface area contributed by atoms with Gasteiger partial charge in [-0.3, -0.25) is 4.57 Å². The van der Waals surface area contributed by atoms with E-state index < -0.39 is 46.9 Å². The van der Waals surface area contributed by atoms with E-state index in [0.29, 0.717) is 12.4 Å².